The zero-order valence-electron chi connectivity index (χ0n) is 19.8. The summed E-state index contributed by atoms with van der Waals surface area (Å²) in [6.45, 7) is 3.05. The molecule has 0 radical (unpaired) electrons. The van der Waals surface area contributed by atoms with E-state index >= 15 is 0 Å². The molecule has 1 saturated heterocycles. The summed E-state index contributed by atoms with van der Waals surface area (Å²) in [5.41, 5.74) is 2.30. The van der Waals surface area contributed by atoms with Gasteiger partial charge in [-0.2, -0.15) is 0 Å². The average molecular weight is 505 g/mol. The van der Waals surface area contributed by atoms with E-state index < -0.39 is 0 Å². The Hall–Kier alpha value is -3.34. The number of aliphatic hydroxyl groups is 1. The second-order valence-electron chi connectivity index (χ2n) is 9.09. The maximum absolute atomic E-state index is 10.3. The Morgan fingerprint density at radius 3 is 2.67 bits per heavy atom. The molecule has 6 rings (SSSR count). The second kappa shape index (κ2) is 10.3. The van der Waals surface area contributed by atoms with Crippen molar-refractivity contribution in [3.05, 3.63) is 48.9 Å². The first-order chi connectivity index (χ1) is 17.7. The summed E-state index contributed by atoms with van der Waals surface area (Å²) in [4.78, 5) is 20.5. The van der Waals surface area contributed by atoms with E-state index in [9.17, 15) is 5.11 Å². The molecule has 4 aromatic rings. The maximum atomic E-state index is 10.3. The first kappa shape index (κ1) is 23.1. The number of thiazole rings is 1. The Morgan fingerprint density at radius 2 is 1.83 bits per heavy atom. The quantitative estimate of drug-likeness (QED) is 0.393. The largest absolute Gasteiger partial charge is 0.457 e. The lowest BCUT2D eigenvalue weighted by atomic mass is 9.93. The molecule has 0 spiro atoms. The van der Waals surface area contributed by atoms with Gasteiger partial charge in [0.1, 0.15) is 23.0 Å². The van der Waals surface area contributed by atoms with E-state index in [1.54, 1.807) is 29.9 Å². The number of ether oxygens (including phenoxy) is 2. The van der Waals surface area contributed by atoms with Gasteiger partial charge < -0.3 is 24.8 Å². The Balaban J connectivity index is 1.15. The van der Waals surface area contributed by atoms with Crippen LogP contribution in [0.15, 0.2) is 48.9 Å². The standard InChI is InChI=1S/C26H28N6O3S/c33-23-4-2-1-3-19(23)30-26-31-20-6-5-17(14-24(20)36-26)35-18-7-8-27-21(13-18)22-15-29-25(16-28-22)32-9-11-34-12-10-32/h5-8,13-16,19,23,33H,1-4,9-12H2,(H,30,31)/t19-,23-/m1/s1. The van der Waals surface area contributed by atoms with Crippen molar-refractivity contribution in [3.8, 4) is 22.9 Å². The summed E-state index contributed by atoms with van der Waals surface area (Å²) in [5, 5.41) is 14.5. The van der Waals surface area contributed by atoms with Gasteiger partial charge in [-0.05, 0) is 31.0 Å². The van der Waals surface area contributed by atoms with Gasteiger partial charge in [0, 0.05) is 31.4 Å². The second-order valence-corrected chi connectivity index (χ2v) is 10.1. The van der Waals surface area contributed by atoms with Gasteiger partial charge in [0.25, 0.3) is 0 Å². The predicted octanol–water partition coefficient (Wildman–Crippen LogP) is 4.49. The summed E-state index contributed by atoms with van der Waals surface area (Å²) >= 11 is 1.57. The third kappa shape index (κ3) is 5.11. The van der Waals surface area contributed by atoms with Crippen molar-refractivity contribution < 1.29 is 14.6 Å². The molecule has 36 heavy (non-hydrogen) atoms. The smallest absolute Gasteiger partial charge is 0.184 e. The molecule has 1 saturated carbocycles. The lowest BCUT2D eigenvalue weighted by molar-refractivity contribution is 0.116. The van der Waals surface area contributed by atoms with E-state index in [1.807, 2.05) is 30.3 Å². The fourth-order valence-electron chi connectivity index (χ4n) is 4.63. The van der Waals surface area contributed by atoms with E-state index in [2.05, 4.69) is 30.2 Å². The minimum Gasteiger partial charge on any atom is -0.457 e. The molecule has 4 heterocycles. The number of morpholine rings is 1. The monoisotopic (exact) mass is 504 g/mol. The number of anilines is 2. The number of pyridine rings is 1. The molecule has 186 valence electrons. The maximum Gasteiger partial charge on any atom is 0.184 e. The number of nitrogens with zero attached hydrogens (tertiary/aromatic N) is 5. The highest BCUT2D eigenvalue weighted by molar-refractivity contribution is 7.22. The van der Waals surface area contributed by atoms with Gasteiger partial charge in [-0.25, -0.2) is 15.0 Å². The van der Waals surface area contributed by atoms with Crippen molar-refractivity contribution in [1.29, 1.82) is 0 Å². The Morgan fingerprint density at radius 1 is 0.972 bits per heavy atom. The zero-order valence-corrected chi connectivity index (χ0v) is 20.7. The summed E-state index contributed by atoms with van der Waals surface area (Å²) in [6, 6.07) is 9.63. The number of aromatic nitrogens is 4. The van der Waals surface area contributed by atoms with Gasteiger partial charge in [0.2, 0.25) is 0 Å². The lowest BCUT2D eigenvalue weighted by Crippen LogP contribution is -2.36. The van der Waals surface area contributed by atoms with Crippen LogP contribution in [0, 0.1) is 0 Å². The van der Waals surface area contributed by atoms with Gasteiger partial charge in [-0.15, -0.1) is 0 Å². The van der Waals surface area contributed by atoms with Crippen molar-refractivity contribution in [2.24, 2.45) is 0 Å². The van der Waals surface area contributed by atoms with Crippen LogP contribution in [0.4, 0.5) is 10.9 Å². The number of hydrogen-bond donors (Lipinski definition) is 2. The fourth-order valence-corrected chi connectivity index (χ4v) is 5.58. The van der Waals surface area contributed by atoms with E-state index in [4.69, 9.17) is 9.47 Å². The number of nitrogens with one attached hydrogen (secondary N) is 1. The van der Waals surface area contributed by atoms with E-state index in [0.29, 0.717) is 30.4 Å². The van der Waals surface area contributed by atoms with Crippen LogP contribution in [-0.4, -0.2) is 63.5 Å². The van der Waals surface area contributed by atoms with Crippen molar-refractivity contribution in [3.63, 3.8) is 0 Å². The number of benzene rings is 1. The minimum absolute atomic E-state index is 0.0660. The summed E-state index contributed by atoms with van der Waals surface area (Å²) in [5.74, 6) is 2.24. The Labute approximate surface area is 213 Å². The molecule has 0 bridgehead atoms. The Kier molecular flexibility index (Phi) is 6.63. The third-order valence-corrected chi connectivity index (χ3v) is 7.55. The van der Waals surface area contributed by atoms with Crippen LogP contribution in [0.3, 0.4) is 0 Å². The predicted molar refractivity (Wildman–Crippen MR) is 140 cm³/mol. The molecule has 0 unspecified atom stereocenters. The molecule has 1 aliphatic heterocycles. The molecule has 0 amide bonds. The van der Waals surface area contributed by atoms with Gasteiger partial charge in [0.05, 0.1) is 53.7 Å². The van der Waals surface area contributed by atoms with Crippen LogP contribution in [0.25, 0.3) is 21.6 Å². The highest BCUT2D eigenvalue weighted by Crippen LogP contribution is 2.33. The van der Waals surface area contributed by atoms with Gasteiger partial charge in [-0.3, -0.25) is 4.98 Å². The van der Waals surface area contributed by atoms with Crippen LogP contribution < -0.4 is 15.0 Å². The molecule has 2 atom stereocenters. The number of hydrogen-bond acceptors (Lipinski definition) is 10. The van der Waals surface area contributed by atoms with Crippen LogP contribution in [0.1, 0.15) is 25.7 Å². The van der Waals surface area contributed by atoms with E-state index in [-0.39, 0.29) is 12.1 Å². The highest BCUT2D eigenvalue weighted by atomic mass is 32.1. The van der Waals surface area contributed by atoms with Crippen LogP contribution >= 0.6 is 11.3 Å². The molecule has 2 fully saturated rings. The molecule has 2 N–H and O–H groups in total. The first-order valence-electron chi connectivity index (χ1n) is 12.4. The summed E-state index contributed by atoms with van der Waals surface area (Å²) in [6.07, 6.45) is 8.96. The average Bonchev–Trinajstić information content (AvgIpc) is 3.32. The van der Waals surface area contributed by atoms with Gasteiger partial charge in [-0.1, -0.05) is 24.2 Å². The number of rotatable bonds is 6. The Bertz CT molecular complexity index is 1330. The molecule has 1 aliphatic carbocycles. The van der Waals surface area contributed by atoms with Crippen molar-refractivity contribution in [2.75, 3.05) is 36.5 Å². The number of fused-ring (bicyclic) bond motifs is 1. The lowest BCUT2D eigenvalue weighted by Gasteiger charge is -2.27. The molecule has 10 heteroatoms. The number of aliphatic hydroxyl groups excluding tert-OH is 1. The molecule has 3 aromatic heterocycles. The van der Waals surface area contributed by atoms with Crippen molar-refractivity contribution in [2.45, 2.75) is 37.8 Å². The first-order valence-corrected chi connectivity index (χ1v) is 13.2. The van der Waals surface area contributed by atoms with Gasteiger partial charge in [0.15, 0.2) is 5.13 Å². The molecular weight excluding hydrogens is 476 g/mol. The topological polar surface area (TPSA) is 106 Å². The zero-order chi connectivity index (χ0) is 24.3. The SMILES string of the molecule is O[C@@H]1CCCC[C@H]1Nc1nc2ccc(Oc3ccnc(-c4cnc(N5CCOCC5)cn4)c3)cc2s1. The summed E-state index contributed by atoms with van der Waals surface area (Å²) in [7, 11) is 0. The van der Waals surface area contributed by atoms with Crippen LogP contribution in [0.2, 0.25) is 0 Å². The van der Waals surface area contributed by atoms with E-state index in [0.717, 1.165) is 65.7 Å². The van der Waals surface area contributed by atoms with Crippen molar-refractivity contribution >= 4 is 32.5 Å². The molecular formula is C26H28N6O3S. The van der Waals surface area contributed by atoms with Crippen molar-refractivity contribution in [1.82, 2.24) is 19.9 Å². The summed E-state index contributed by atoms with van der Waals surface area (Å²) < 4.78 is 12.6. The van der Waals surface area contributed by atoms with Crippen LogP contribution in [0.5, 0.6) is 11.5 Å². The highest BCUT2D eigenvalue weighted by Gasteiger charge is 2.23. The third-order valence-electron chi connectivity index (χ3n) is 6.60. The van der Waals surface area contributed by atoms with Gasteiger partial charge >= 0.3 is 0 Å². The van der Waals surface area contributed by atoms with Crippen LogP contribution in [-0.2, 0) is 4.74 Å². The molecule has 1 aromatic carbocycles. The normalized spacial score (nSPS) is 20.4. The molecule has 2 aliphatic rings. The van der Waals surface area contributed by atoms with E-state index in [1.165, 1.54) is 0 Å². The molecule has 9 nitrogen and oxygen atoms in total. The fraction of sp³-hybridized carbons (Fsp3) is 0.385. The minimum atomic E-state index is -0.314.